The molecule has 0 radical (unpaired) electrons. The maximum atomic E-state index is 14.2. The van der Waals surface area contributed by atoms with Crippen molar-refractivity contribution in [3.8, 4) is 0 Å². The van der Waals surface area contributed by atoms with Crippen molar-refractivity contribution >= 4 is 5.97 Å². The summed E-state index contributed by atoms with van der Waals surface area (Å²) < 4.78 is 37.5. The van der Waals surface area contributed by atoms with Crippen LogP contribution in [0.3, 0.4) is 0 Å². The monoisotopic (exact) mass is 749 g/mol. The summed E-state index contributed by atoms with van der Waals surface area (Å²) in [5, 5.41) is 58.1. The number of hydrogen-bond donors (Lipinski definition) is 5. The third-order valence-electron chi connectivity index (χ3n) is 12.2. The lowest BCUT2D eigenvalue weighted by molar-refractivity contribution is -0.318. The molecule has 8 unspecified atom stereocenters. The minimum absolute atomic E-state index is 0.133. The Bertz CT molecular complexity index is 1140. The number of cyclic esters (lactones) is 1. The zero-order valence-electron chi connectivity index (χ0n) is 34.2. The highest BCUT2D eigenvalue weighted by Crippen LogP contribution is 2.40. The first-order chi connectivity index (χ1) is 23.9. The molecule has 5 N–H and O–H groups in total. The zero-order valence-corrected chi connectivity index (χ0v) is 34.2. The highest BCUT2D eigenvalue weighted by Gasteiger charge is 2.52. The van der Waals surface area contributed by atoms with Gasteiger partial charge in [0, 0.05) is 38.1 Å². The first-order valence-electron chi connectivity index (χ1n) is 19.1. The van der Waals surface area contributed by atoms with Gasteiger partial charge in [0.25, 0.3) is 0 Å². The molecule has 3 aliphatic heterocycles. The van der Waals surface area contributed by atoms with Crippen LogP contribution in [0.5, 0.6) is 0 Å². The van der Waals surface area contributed by atoms with Gasteiger partial charge in [-0.2, -0.15) is 0 Å². The molecule has 0 amide bonds. The van der Waals surface area contributed by atoms with Gasteiger partial charge in [0.15, 0.2) is 12.6 Å². The standard InChI is InChI=1S/C38H72N2O12/c1-15-27-38(10,46)31(42)24(6)40(13)19-20(2)17-36(8,45)33(52-35-29(41)26(39(11)12)16-21(3)48-35)22(4)30(23(5)34(44)50-27)51-28-18-37(9,47-14)32(43)25(7)49-28/h20-33,35,41-43,45-46H,15-19H2,1-14H3/t20-,21?,22-,23-,24+,25?,26?,27+,28?,29?,30-,31+,32?,33-,35?,36+,37?,38-/m1/s1. The lowest BCUT2D eigenvalue weighted by Crippen LogP contribution is -2.60. The molecule has 3 aliphatic rings. The number of aliphatic hydroxyl groups is 5. The molecule has 3 saturated heterocycles. The fourth-order valence-electron chi connectivity index (χ4n) is 8.74. The Morgan fingerprint density at radius 2 is 1.56 bits per heavy atom. The molecule has 0 saturated carbocycles. The van der Waals surface area contributed by atoms with Crippen LogP contribution < -0.4 is 0 Å². The Morgan fingerprint density at radius 1 is 0.942 bits per heavy atom. The van der Waals surface area contributed by atoms with Gasteiger partial charge in [0.1, 0.15) is 30.0 Å². The molecule has 14 heteroatoms. The highest BCUT2D eigenvalue weighted by atomic mass is 16.7. The summed E-state index contributed by atoms with van der Waals surface area (Å²) in [4.78, 5) is 18.0. The lowest BCUT2D eigenvalue weighted by Gasteiger charge is -2.48. The average molecular weight is 749 g/mol. The number of carbonyl (C=O) groups is 1. The van der Waals surface area contributed by atoms with Gasteiger partial charge in [0.05, 0.1) is 41.5 Å². The third-order valence-corrected chi connectivity index (χ3v) is 12.2. The molecule has 0 bridgehead atoms. The van der Waals surface area contributed by atoms with E-state index in [4.69, 9.17) is 28.4 Å². The second-order valence-corrected chi connectivity index (χ2v) is 17.2. The predicted octanol–water partition coefficient (Wildman–Crippen LogP) is 1.90. The van der Waals surface area contributed by atoms with Gasteiger partial charge in [-0.25, -0.2) is 0 Å². The number of carbonyl (C=O) groups excluding carboxylic acids is 1. The van der Waals surface area contributed by atoms with E-state index in [-0.39, 0.29) is 37.3 Å². The van der Waals surface area contributed by atoms with Crippen LogP contribution in [-0.4, -0.2) is 166 Å². The van der Waals surface area contributed by atoms with Crippen molar-refractivity contribution in [2.45, 2.75) is 185 Å². The van der Waals surface area contributed by atoms with Crippen LogP contribution in [0.4, 0.5) is 0 Å². The van der Waals surface area contributed by atoms with Gasteiger partial charge >= 0.3 is 5.97 Å². The van der Waals surface area contributed by atoms with E-state index in [1.807, 2.05) is 51.7 Å². The summed E-state index contributed by atoms with van der Waals surface area (Å²) in [5.41, 5.74) is -4.37. The fourth-order valence-corrected chi connectivity index (χ4v) is 8.74. The molecule has 3 fully saturated rings. The Balaban J connectivity index is 2.17. The SMILES string of the molecule is CC[C@@H]1OC(=O)[C@H](C)[C@H](OC2CC(C)(OC)C(O)C(C)O2)[C@@H](C)[C@@H](OC2OC(C)CC(N(C)C)C2O)[C@@](C)(O)C[C@@H](C)CN(C)[C@@H](C)[C@H](O)[C@]1(C)O. The molecule has 14 nitrogen and oxygen atoms in total. The number of rotatable bonds is 7. The van der Waals surface area contributed by atoms with Crippen LogP contribution in [0, 0.1) is 17.8 Å². The van der Waals surface area contributed by atoms with E-state index < -0.39 is 96.0 Å². The van der Waals surface area contributed by atoms with E-state index in [1.54, 1.807) is 41.5 Å². The summed E-state index contributed by atoms with van der Waals surface area (Å²) in [5.74, 6) is -2.58. The van der Waals surface area contributed by atoms with Crippen LogP contribution in [-0.2, 0) is 33.2 Å². The number of aliphatic hydroxyl groups excluding tert-OH is 3. The number of ether oxygens (including phenoxy) is 6. The van der Waals surface area contributed by atoms with E-state index in [2.05, 4.69) is 0 Å². The quantitative estimate of drug-likeness (QED) is 0.238. The smallest absolute Gasteiger partial charge is 0.311 e. The first-order valence-corrected chi connectivity index (χ1v) is 19.1. The molecule has 0 aliphatic carbocycles. The highest BCUT2D eigenvalue weighted by molar-refractivity contribution is 5.73. The number of likely N-dealkylation sites (N-methyl/N-ethyl adjacent to an activating group) is 2. The Hall–Kier alpha value is -1.01. The summed E-state index contributed by atoms with van der Waals surface area (Å²) >= 11 is 0. The Kier molecular flexibility index (Phi) is 15.6. The van der Waals surface area contributed by atoms with Gasteiger partial charge in [-0.1, -0.05) is 20.8 Å². The van der Waals surface area contributed by atoms with E-state index in [0.29, 0.717) is 13.0 Å². The van der Waals surface area contributed by atoms with E-state index in [9.17, 15) is 30.3 Å². The molecule has 0 spiro atoms. The number of methoxy groups -OCH3 is 1. The van der Waals surface area contributed by atoms with Crippen molar-refractivity contribution in [1.29, 1.82) is 0 Å². The van der Waals surface area contributed by atoms with Gasteiger partial charge in [0.2, 0.25) is 0 Å². The average Bonchev–Trinajstić information content (AvgIpc) is 3.05. The second kappa shape index (κ2) is 17.8. The number of nitrogens with zero attached hydrogens (tertiary/aromatic N) is 2. The number of hydrogen-bond acceptors (Lipinski definition) is 14. The minimum Gasteiger partial charge on any atom is -0.459 e. The molecule has 0 aromatic heterocycles. The van der Waals surface area contributed by atoms with Crippen molar-refractivity contribution in [3.05, 3.63) is 0 Å². The zero-order chi connectivity index (χ0) is 39.7. The van der Waals surface area contributed by atoms with Gasteiger partial charge < -0.3 is 63.8 Å². The van der Waals surface area contributed by atoms with E-state index in [1.165, 1.54) is 14.0 Å². The van der Waals surface area contributed by atoms with Gasteiger partial charge in [-0.15, -0.1) is 0 Å². The van der Waals surface area contributed by atoms with Crippen LogP contribution in [0.25, 0.3) is 0 Å². The normalized spacial score (nSPS) is 49.6. The summed E-state index contributed by atoms with van der Waals surface area (Å²) in [6, 6.07) is -0.808. The van der Waals surface area contributed by atoms with Crippen molar-refractivity contribution in [2.24, 2.45) is 17.8 Å². The molecular weight excluding hydrogens is 676 g/mol. The van der Waals surface area contributed by atoms with Crippen molar-refractivity contribution in [1.82, 2.24) is 9.80 Å². The van der Waals surface area contributed by atoms with Crippen molar-refractivity contribution in [3.63, 3.8) is 0 Å². The third kappa shape index (κ3) is 10.0. The maximum Gasteiger partial charge on any atom is 0.311 e. The lowest BCUT2D eigenvalue weighted by atomic mass is 9.77. The summed E-state index contributed by atoms with van der Waals surface area (Å²) in [6.45, 7) is 18.0. The van der Waals surface area contributed by atoms with E-state index in [0.717, 1.165) is 0 Å². The van der Waals surface area contributed by atoms with E-state index >= 15 is 0 Å². The van der Waals surface area contributed by atoms with Crippen LogP contribution >= 0.6 is 0 Å². The molecule has 52 heavy (non-hydrogen) atoms. The summed E-state index contributed by atoms with van der Waals surface area (Å²) in [6.07, 6.45) is -8.19. The van der Waals surface area contributed by atoms with Crippen LogP contribution in [0.2, 0.25) is 0 Å². The van der Waals surface area contributed by atoms with Gasteiger partial charge in [-0.05, 0) is 94.8 Å². The van der Waals surface area contributed by atoms with Crippen molar-refractivity contribution < 1.29 is 58.7 Å². The van der Waals surface area contributed by atoms with Crippen LogP contribution in [0.15, 0.2) is 0 Å². The fraction of sp³-hybridized carbons (Fsp3) is 0.974. The van der Waals surface area contributed by atoms with Gasteiger partial charge in [-0.3, -0.25) is 4.79 Å². The first kappa shape index (κ1) is 45.4. The topological polar surface area (TPSA) is 180 Å². The Labute approximate surface area is 312 Å². The Morgan fingerprint density at radius 3 is 2.12 bits per heavy atom. The predicted molar refractivity (Wildman–Crippen MR) is 194 cm³/mol. The van der Waals surface area contributed by atoms with Crippen LogP contribution in [0.1, 0.15) is 94.9 Å². The molecule has 18 atom stereocenters. The molecule has 3 rings (SSSR count). The molecule has 306 valence electrons. The molecular formula is C38H72N2O12. The van der Waals surface area contributed by atoms with Crippen molar-refractivity contribution in [2.75, 3.05) is 34.8 Å². The molecule has 0 aromatic carbocycles. The maximum absolute atomic E-state index is 14.2. The number of esters is 1. The minimum atomic E-state index is -1.80. The largest absolute Gasteiger partial charge is 0.459 e. The second-order valence-electron chi connectivity index (χ2n) is 17.2. The summed E-state index contributed by atoms with van der Waals surface area (Å²) in [7, 11) is 7.12. The molecule has 3 heterocycles. The molecule has 0 aromatic rings.